The second-order valence-corrected chi connectivity index (χ2v) is 9.36. The largest absolute Gasteiger partial charge is 0.325 e. The first-order valence-electron chi connectivity index (χ1n) is 9.93. The predicted octanol–water partition coefficient (Wildman–Crippen LogP) is 3.07. The van der Waals surface area contributed by atoms with E-state index < -0.39 is 10.0 Å². The maximum absolute atomic E-state index is 12.6. The van der Waals surface area contributed by atoms with Crippen LogP contribution in [0.5, 0.6) is 0 Å². The summed E-state index contributed by atoms with van der Waals surface area (Å²) >= 11 is 0. The highest BCUT2D eigenvalue weighted by Crippen LogP contribution is 2.29. The number of hydrogen-bond donors (Lipinski definition) is 2. The normalized spacial score (nSPS) is 23.4. The molecule has 1 aliphatic rings. The van der Waals surface area contributed by atoms with Crippen molar-refractivity contribution in [3.8, 4) is 0 Å². The van der Waals surface area contributed by atoms with Crippen LogP contribution in [0.25, 0.3) is 0 Å². The molecule has 0 saturated heterocycles. The first kappa shape index (κ1) is 21.9. The van der Waals surface area contributed by atoms with Gasteiger partial charge in [-0.05, 0) is 36.5 Å². The third-order valence-corrected chi connectivity index (χ3v) is 7.74. The molecule has 1 aliphatic carbocycles. The van der Waals surface area contributed by atoms with Gasteiger partial charge in [0.1, 0.15) is 0 Å². The Bertz CT molecular complexity index is 732. The van der Waals surface area contributed by atoms with Crippen LogP contribution in [0.15, 0.2) is 29.2 Å². The zero-order chi connectivity index (χ0) is 20.0. The fourth-order valence-corrected chi connectivity index (χ4v) is 5.25. The zero-order valence-corrected chi connectivity index (χ0v) is 17.7. The molecule has 0 aliphatic heterocycles. The number of rotatable bonds is 8. The molecular weight excluding hydrogens is 362 g/mol. The van der Waals surface area contributed by atoms with Crippen molar-refractivity contribution < 1.29 is 13.2 Å². The van der Waals surface area contributed by atoms with E-state index in [1.54, 1.807) is 18.2 Å². The van der Waals surface area contributed by atoms with E-state index >= 15 is 0 Å². The molecule has 27 heavy (non-hydrogen) atoms. The Morgan fingerprint density at radius 2 is 1.89 bits per heavy atom. The molecule has 0 spiro atoms. The molecule has 1 saturated carbocycles. The monoisotopic (exact) mass is 395 g/mol. The van der Waals surface area contributed by atoms with Gasteiger partial charge in [0.15, 0.2) is 0 Å². The van der Waals surface area contributed by atoms with Crippen LogP contribution in [-0.4, -0.2) is 44.3 Å². The Morgan fingerprint density at radius 1 is 1.19 bits per heavy atom. The van der Waals surface area contributed by atoms with Crippen molar-refractivity contribution in [3.05, 3.63) is 24.3 Å². The van der Waals surface area contributed by atoms with E-state index in [0.717, 1.165) is 6.42 Å². The lowest BCUT2D eigenvalue weighted by atomic mass is 9.78. The number of nitrogens with one attached hydrogen (secondary N) is 2. The minimum Gasteiger partial charge on any atom is -0.325 e. The predicted molar refractivity (Wildman–Crippen MR) is 109 cm³/mol. The van der Waals surface area contributed by atoms with Gasteiger partial charge < -0.3 is 10.6 Å². The van der Waals surface area contributed by atoms with E-state index in [1.807, 2.05) is 13.8 Å². The van der Waals surface area contributed by atoms with Gasteiger partial charge in [-0.25, -0.2) is 8.42 Å². The molecule has 3 atom stereocenters. The average Bonchev–Trinajstić information content (AvgIpc) is 2.64. The minimum atomic E-state index is -3.54. The Balaban J connectivity index is 1.98. The maximum atomic E-state index is 12.6. The maximum Gasteiger partial charge on any atom is 0.243 e. The average molecular weight is 396 g/mol. The summed E-state index contributed by atoms with van der Waals surface area (Å²) in [5.74, 6) is 1.06. The van der Waals surface area contributed by atoms with Crippen LogP contribution in [0.3, 0.4) is 0 Å². The van der Waals surface area contributed by atoms with Gasteiger partial charge in [-0.1, -0.05) is 46.6 Å². The second kappa shape index (κ2) is 9.66. The summed E-state index contributed by atoms with van der Waals surface area (Å²) < 4.78 is 26.7. The van der Waals surface area contributed by atoms with Crippen molar-refractivity contribution >= 4 is 21.6 Å². The van der Waals surface area contributed by atoms with E-state index in [2.05, 4.69) is 24.5 Å². The summed E-state index contributed by atoms with van der Waals surface area (Å²) in [5.41, 5.74) is 0.500. The third-order valence-electron chi connectivity index (χ3n) is 5.69. The summed E-state index contributed by atoms with van der Waals surface area (Å²) in [6.07, 6.45) is 3.53. The molecule has 2 rings (SSSR count). The molecule has 1 aromatic rings. The van der Waals surface area contributed by atoms with Crippen LogP contribution in [0, 0.1) is 11.8 Å². The molecule has 1 amide bonds. The highest BCUT2D eigenvalue weighted by atomic mass is 32.2. The van der Waals surface area contributed by atoms with Gasteiger partial charge in [0.25, 0.3) is 0 Å². The standard InChI is InChI=1S/C20H33N3O3S/c1-5-23(6-2)27(25,26)18-11-8-10-17(13-18)22-20(24)14-21-19-12-7-9-15(3)16(19)4/h8,10-11,13,15-16,19,21H,5-7,9,12,14H2,1-4H3,(H,22,24). The third kappa shape index (κ3) is 5.53. The van der Waals surface area contributed by atoms with Crippen molar-refractivity contribution in [2.45, 2.75) is 57.9 Å². The molecule has 7 heteroatoms. The Labute approximate surface area is 163 Å². The first-order chi connectivity index (χ1) is 12.8. The van der Waals surface area contributed by atoms with Crippen LogP contribution in [0.4, 0.5) is 5.69 Å². The lowest BCUT2D eigenvalue weighted by Crippen LogP contribution is -2.43. The number of benzene rings is 1. The van der Waals surface area contributed by atoms with E-state index in [0.29, 0.717) is 36.7 Å². The van der Waals surface area contributed by atoms with Gasteiger partial charge >= 0.3 is 0 Å². The number of hydrogen-bond acceptors (Lipinski definition) is 4. The molecule has 6 nitrogen and oxygen atoms in total. The number of nitrogens with zero attached hydrogens (tertiary/aromatic N) is 1. The van der Waals surface area contributed by atoms with Crippen molar-refractivity contribution in [1.29, 1.82) is 0 Å². The molecule has 1 fully saturated rings. The summed E-state index contributed by atoms with van der Waals surface area (Å²) in [6, 6.07) is 6.81. The molecule has 0 bridgehead atoms. The van der Waals surface area contributed by atoms with E-state index in [1.165, 1.54) is 23.2 Å². The molecule has 152 valence electrons. The highest BCUT2D eigenvalue weighted by molar-refractivity contribution is 7.89. The lowest BCUT2D eigenvalue weighted by Gasteiger charge is -2.34. The Kier molecular flexibility index (Phi) is 7.82. The molecule has 0 heterocycles. The Hall–Kier alpha value is -1.44. The molecule has 0 aromatic heterocycles. The highest BCUT2D eigenvalue weighted by Gasteiger charge is 2.27. The number of carbonyl (C=O) groups excluding carboxylic acids is 1. The fourth-order valence-electron chi connectivity index (χ4n) is 3.75. The SMILES string of the molecule is CCN(CC)S(=O)(=O)c1cccc(NC(=O)CNC2CCCC(C)C2C)c1. The lowest BCUT2D eigenvalue weighted by molar-refractivity contribution is -0.115. The van der Waals surface area contributed by atoms with Crippen LogP contribution >= 0.6 is 0 Å². The van der Waals surface area contributed by atoms with Crippen LogP contribution < -0.4 is 10.6 Å². The topological polar surface area (TPSA) is 78.5 Å². The van der Waals surface area contributed by atoms with Gasteiger partial charge in [0.05, 0.1) is 11.4 Å². The van der Waals surface area contributed by atoms with Crippen molar-refractivity contribution in [2.24, 2.45) is 11.8 Å². The second-order valence-electron chi connectivity index (χ2n) is 7.42. The summed E-state index contributed by atoms with van der Waals surface area (Å²) in [4.78, 5) is 12.5. The molecule has 0 radical (unpaired) electrons. The summed E-state index contributed by atoms with van der Waals surface area (Å²) in [7, 11) is -3.54. The quantitative estimate of drug-likeness (QED) is 0.709. The molecule has 1 aromatic carbocycles. The number of amides is 1. The van der Waals surface area contributed by atoms with Gasteiger partial charge in [-0.3, -0.25) is 4.79 Å². The van der Waals surface area contributed by atoms with E-state index in [4.69, 9.17) is 0 Å². The number of sulfonamides is 1. The molecular formula is C20H33N3O3S. The van der Waals surface area contributed by atoms with Gasteiger partial charge in [-0.15, -0.1) is 0 Å². The van der Waals surface area contributed by atoms with Crippen LogP contribution in [0.1, 0.15) is 47.0 Å². The first-order valence-corrected chi connectivity index (χ1v) is 11.4. The Morgan fingerprint density at radius 3 is 2.56 bits per heavy atom. The van der Waals surface area contributed by atoms with Crippen LogP contribution in [0.2, 0.25) is 0 Å². The van der Waals surface area contributed by atoms with Crippen LogP contribution in [-0.2, 0) is 14.8 Å². The van der Waals surface area contributed by atoms with Gasteiger partial charge in [0, 0.05) is 24.8 Å². The van der Waals surface area contributed by atoms with Gasteiger partial charge in [0.2, 0.25) is 15.9 Å². The summed E-state index contributed by atoms with van der Waals surface area (Å²) in [5, 5.41) is 6.18. The smallest absolute Gasteiger partial charge is 0.243 e. The number of anilines is 1. The minimum absolute atomic E-state index is 0.155. The van der Waals surface area contributed by atoms with Gasteiger partial charge in [-0.2, -0.15) is 4.31 Å². The summed E-state index contributed by atoms with van der Waals surface area (Å²) in [6.45, 7) is 9.18. The van der Waals surface area contributed by atoms with Crippen molar-refractivity contribution in [3.63, 3.8) is 0 Å². The van der Waals surface area contributed by atoms with Crippen molar-refractivity contribution in [1.82, 2.24) is 9.62 Å². The van der Waals surface area contributed by atoms with E-state index in [9.17, 15) is 13.2 Å². The molecule has 2 N–H and O–H groups in total. The molecule has 3 unspecified atom stereocenters. The number of carbonyl (C=O) groups is 1. The fraction of sp³-hybridized carbons (Fsp3) is 0.650. The van der Waals surface area contributed by atoms with Crippen molar-refractivity contribution in [2.75, 3.05) is 25.0 Å². The van der Waals surface area contributed by atoms with E-state index in [-0.39, 0.29) is 17.3 Å². The zero-order valence-electron chi connectivity index (χ0n) is 16.9.